The van der Waals surface area contributed by atoms with Gasteiger partial charge < -0.3 is 9.67 Å². The van der Waals surface area contributed by atoms with Crippen LogP contribution in [0, 0.1) is 6.92 Å². The maximum Gasteiger partial charge on any atom is 0.223 e. The summed E-state index contributed by atoms with van der Waals surface area (Å²) in [5.41, 5.74) is 1.59. The second-order valence-electron chi connectivity index (χ2n) is 6.57. The fraction of sp³-hybridized carbons (Fsp3) is 0.706. The van der Waals surface area contributed by atoms with Crippen LogP contribution in [-0.4, -0.2) is 27.2 Å². The van der Waals surface area contributed by atoms with Gasteiger partial charge in [0.1, 0.15) is 0 Å². The van der Waals surface area contributed by atoms with E-state index >= 15 is 0 Å². The van der Waals surface area contributed by atoms with Crippen LogP contribution in [0.4, 0.5) is 0 Å². The van der Waals surface area contributed by atoms with Gasteiger partial charge >= 0.3 is 0 Å². The largest absolute Gasteiger partial charge is 0.503 e. The SMILES string of the molecule is CCC1CCCCN1Cc1c(O)c(=O)cc(C)n1C1CC1. The molecule has 1 N–H and O–H groups in total. The molecule has 1 aliphatic carbocycles. The van der Waals surface area contributed by atoms with E-state index in [2.05, 4.69) is 16.4 Å². The van der Waals surface area contributed by atoms with Crippen LogP contribution in [0.5, 0.6) is 5.75 Å². The lowest BCUT2D eigenvalue weighted by Crippen LogP contribution is -2.39. The maximum atomic E-state index is 12.0. The first-order valence-electron chi connectivity index (χ1n) is 8.29. The fourth-order valence-corrected chi connectivity index (χ4v) is 3.71. The molecule has 2 aliphatic rings. The van der Waals surface area contributed by atoms with Gasteiger partial charge in [0.05, 0.1) is 5.69 Å². The molecule has 0 radical (unpaired) electrons. The molecule has 4 heteroatoms. The Kier molecular flexibility index (Phi) is 4.07. The highest BCUT2D eigenvalue weighted by Crippen LogP contribution is 2.38. The first kappa shape index (κ1) is 14.6. The van der Waals surface area contributed by atoms with Crippen molar-refractivity contribution in [2.24, 2.45) is 0 Å². The number of nitrogens with zero attached hydrogens (tertiary/aromatic N) is 2. The Morgan fingerprint density at radius 3 is 2.71 bits per heavy atom. The predicted molar refractivity (Wildman–Crippen MR) is 83.7 cm³/mol. The fourth-order valence-electron chi connectivity index (χ4n) is 3.71. The molecule has 1 aliphatic heterocycles. The van der Waals surface area contributed by atoms with Crippen LogP contribution in [0.2, 0.25) is 0 Å². The lowest BCUT2D eigenvalue weighted by atomic mass is 9.99. The van der Waals surface area contributed by atoms with Gasteiger partial charge in [-0.15, -0.1) is 0 Å². The Labute approximate surface area is 126 Å². The van der Waals surface area contributed by atoms with Crippen LogP contribution in [0.15, 0.2) is 10.9 Å². The summed E-state index contributed by atoms with van der Waals surface area (Å²) in [6, 6.07) is 2.64. The number of hydrogen-bond acceptors (Lipinski definition) is 3. The quantitative estimate of drug-likeness (QED) is 0.927. The molecule has 1 saturated carbocycles. The summed E-state index contributed by atoms with van der Waals surface area (Å²) in [5.74, 6) is -0.0343. The van der Waals surface area contributed by atoms with E-state index < -0.39 is 0 Å². The summed E-state index contributed by atoms with van der Waals surface area (Å²) >= 11 is 0. The molecule has 1 unspecified atom stereocenters. The molecule has 0 spiro atoms. The highest BCUT2D eigenvalue weighted by atomic mass is 16.3. The van der Waals surface area contributed by atoms with Crippen molar-refractivity contribution in [2.45, 2.75) is 71.0 Å². The Balaban J connectivity index is 1.95. The summed E-state index contributed by atoms with van der Waals surface area (Å²) in [5, 5.41) is 10.3. The minimum atomic E-state index is -0.232. The third-order valence-electron chi connectivity index (χ3n) is 5.00. The van der Waals surface area contributed by atoms with Gasteiger partial charge in [-0.2, -0.15) is 0 Å². The second-order valence-corrected chi connectivity index (χ2v) is 6.57. The number of pyridine rings is 1. The molecular formula is C17H26N2O2. The lowest BCUT2D eigenvalue weighted by molar-refractivity contribution is 0.131. The van der Waals surface area contributed by atoms with Crippen molar-refractivity contribution in [3.63, 3.8) is 0 Å². The summed E-state index contributed by atoms with van der Waals surface area (Å²) in [6.07, 6.45) is 7.21. The lowest BCUT2D eigenvalue weighted by Gasteiger charge is -2.36. The minimum absolute atomic E-state index is 0.0343. The smallest absolute Gasteiger partial charge is 0.223 e. The van der Waals surface area contributed by atoms with Crippen molar-refractivity contribution in [2.75, 3.05) is 6.54 Å². The Hall–Kier alpha value is -1.29. The molecule has 2 fully saturated rings. The number of aromatic hydroxyl groups is 1. The van der Waals surface area contributed by atoms with Crippen LogP contribution in [0.3, 0.4) is 0 Å². The summed E-state index contributed by atoms with van der Waals surface area (Å²) in [7, 11) is 0. The molecule has 0 amide bonds. The number of rotatable bonds is 4. The molecule has 0 bridgehead atoms. The number of likely N-dealkylation sites (tertiary alicyclic amines) is 1. The van der Waals surface area contributed by atoms with E-state index in [0.717, 1.165) is 37.2 Å². The second kappa shape index (κ2) is 5.84. The predicted octanol–water partition coefficient (Wildman–Crippen LogP) is 2.96. The molecule has 0 aromatic carbocycles. The van der Waals surface area contributed by atoms with Crippen molar-refractivity contribution in [1.82, 2.24) is 9.47 Å². The van der Waals surface area contributed by atoms with E-state index in [-0.39, 0.29) is 11.2 Å². The van der Waals surface area contributed by atoms with Crippen LogP contribution >= 0.6 is 0 Å². The van der Waals surface area contributed by atoms with Gasteiger partial charge in [-0.25, -0.2) is 0 Å². The topological polar surface area (TPSA) is 45.5 Å². The maximum absolute atomic E-state index is 12.0. The van der Waals surface area contributed by atoms with E-state index in [1.807, 2.05) is 6.92 Å². The summed E-state index contributed by atoms with van der Waals surface area (Å²) in [4.78, 5) is 14.4. The van der Waals surface area contributed by atoms with Gasteiger partial charge in [-0.1, -0.05) is 13.3 Å². The number of piperidine rings is 1. The van der Waals surface area contributed by atoms with Crippen molar-refractivity contribution in [3.05, 3.63) is 27.7 Å². The molecule has 1 atom stereocenters. The Morgan fingerprint density at radius 2 is 2.05 bits per heavy atom. The van der Waals surface area contributed by atoms with E-state index in [9.17, 15) is 9.90 Å². The molecule has 1 aromatic heterocycles. The van der Waals surface area contributed by atoms with Crippen molar-refractivity contribution in [3.8, 4) is 5.75 Å². The summed E-state index contributed by atoms with van der Waals surface area (Å²) in [6.45, 7) is 5.99. The van der Waals surface area contributed by atoms with E-state index in [4.69, 9.17) is 0 Å². The van der Waals surface area contributed by atoms with Crippen LogP contribution < -0.4 is 5.43 Å². The van der Waals surface area contributed by atoms with Crippen molar-refractivity contribution < 1.29 is 5.11 Å². The van der Waals surface area contributed by atoms with Crippen LogP contribution in [-0.2, 0) is 6.54 Å². The Bertz CT molecular complexity index is 575. The average Bonchev–Trinajstić information content (AvgIpc) is 3.29. The zero-order valence-electron chi connectivity index (χ0n) is 13.1. The third-order valence-corrected chi connectivity index (χ3v) is 5.00. The first-order chi connectivity index (χ1) is 10.1. The van der Waals surface area contributed by atoms with Crippen molar-refractivity contribution in [1.29, 1.82) is 0 Å². The van der Waals surface area contributed by atoms with Gasteiger partial charge in [-0.05, 0) is 45.6 Å². The zero-order chi connectivity index (χ0) is 15.0. The molecule has 21 heavy (non-hydrogen) atoms. The minimum Gasteiger partial charge on any atom is -0.503 e. The molecule has 4 nitrogen and oxygen atoms in total. The third kappa shape index (κ3) is 2.86. The molecular weight excluding hydrogens is 264 g/mol. The number of hydrogen-bond donors (Lipinski definition) is 1. The van der Waals surface area contributed by atoms with Crippen LogP contribution in [0.25, 0.3) is 0 Å². The normalized spacial score (nSPS) is 23.4. The monoisotopic (exact) mass is 290 g/mol. The highest BCUT2D eigenvalue weighted by molar-refractivity contribution is 5.31. The standard InChI is InChI=1S/C17H26N2O2/c1-3-13-6-4-5-9-18(13)11-15-17(21)16(20)10-12(2)19(15)14-7-8-14/h10,13-14,21H,3-9,11H2,1-2H3. The summed E-state index contributed by atoms with van der Waals surface area (Å²) < 4.78 is 2.21. The molecule has 1 saturated heterocycles. The molecule has 3 rings (SSSR count). The molecule has 2 heterocycles. The van der Waals surface area contributed by atoms with Crippen LogP contribution in [0.1, 0.15) is 62.9 Å². The van der Waals surface area contributed by atoms with Gasteiger partial charge in [-0.3, -0.25) is 9.69 Å². The number of aromatic nitrogens is 1. The van der Waals surface area contributed by atoms with Gasteiger partial charge in [0, 0.05) is 30.4 Å². The first-order valence-corrected chi connectivity index (χ1v) is 8.29. The zero-order valence-corrected chi connectivity index (χ0v) is 13.1. The van der Waals surface area contributed by atoms with E-state index in [0.29, 0.717) is 18.6 Å². The van der Waals surface area contributed by atoms with Crippen molar-refractivity contribution >= 4 is 0 Å². The van der Waals surface area contributed by atoms with Gasteiger partial charge in [0.25, 0.3) is 0 Å². The Morgan fingerprint density at radius 1 is 1.29 bits per heavy atom. The number of aryl methyl sites for hydroxylation is 1. The highest BCUT2D eigenvalue weighted by Gasteiger charge is 2.30. The van der Waals surface area contributed by atoms with Gasteiger partial charge in [0.15, 0.2) is 5.75 Å². The van der Waals surface area contributed by atoms with E-state index in [1.54, 1.807) is 6.07 Å². The molecule has 116 valence electrons. The average molecular weight is 290 g/mol. The molecule has 1 aromatic rings. The van der Waals surface area contributed by atoms with E-state index in [1.165, 1.54) is 19.3 Å². The van der Waals surface area contributed by atoms with Gasteiger partial charge in [0.2, 0.25) is 5.43 Å².